The second-order valence-electron chi connectivity index (χ2n) is 6.75. The Hall–Kier alpha value is -3.67. The van der Waals surface area contributed by atoms with Gasteiger partial charge in [-0.2, -0.15) is 0 Å². The predicted octanol–water partition coefficient (Wildman–Crippen LogP) is 4.95. The molecule has 1 N–H and O–H groups in total. The third-order valence-corrected chi connectivity index (χ3v) is 4.67. The third-order valence-electron chi connectivity index (χ3n) is 4.67. The smallest absolute Gasteiger partial charge is 0.247 e. The van der Waals surface area contributed by atoms with E-state index in [9.17, 15) is 9.18 Å². The van der Waals surface area contributed by atoms with E-state index < -0.39 is 6.04 Å². The van der Waals surface area contributed by atoms with Gasteiger partial charge in [0.15, 0.2) is 0 Å². The van der Waals surface area contributed by atoms with Crippen molar-refractivity contribution in [2.75, 3.05) is 5.32 Å². The number of rotatable bonds is 6. The summed E-state index contributed by atoms with van der Waals surface area (Å²) in [5, 5.41) is 2.94. The average molecular weight is 389 g/mol. The number of carbonyl (C=O) groups excluding carboxylic acids is 1. The Morgan fingerprint density at radius 1 is 1.10 bits per heavy atom. The standard InChI is InChI=1S/C23H20FN3O2/c1-16(27-15-25-21-10-2-3-11-22(21)27)23(28)26-19-8-4-6-17(12-19)14-29-20-9-5-7-18(24)13-20/h2-13,15-16H,14H2,1H3,(H,26,28). The van der Waals surface area contributed by atoms with Crippen LogP contribution in [0.1, 0.15) is 18.5 Å². The van der Waals surface area contributed by atoms with Crippen molar-refractivity contribution in [1.29, 1.82) is 0 Å². The number of aromatic nitrogens is 2. The number of anilines is 1. The number of hydrogen-bond donors (Lipinski definition) is 1. The zero-order valence-corrected chi connectivity index (χ0v) is 15.9. The minimum Gasteiger partial charge on any atom is -0.489 e. The Morgan fingerprint density at radius 3 is 2.79 bits per heavy atom. The molecule has 0 bridgehead atoms. The van der Waals surface area contributed by atoms with Crippen molar-refractivity contribution in [3.8, 4) is 5.75 Å². The molecule has 1 unspecified atom stereocenters. The molecule has 5 nitrogen and oxygen atoms in total. The third kappa shape index (κ3) is 4.27. The first-order chi connectivity index (χ1) is 14.1. The van der Waals surface area contributed by atoms with E-state index in [1.165, 1.54) is 12.1 Å². The van der Waals surface area contributed by atoms with Crippen molar-refractivity contribution < 1.29 is 13.9 Å². The second-order valence-corrected chi connectivity index (χ2v) is 6.75. The number of para-hydroxylation sites is 2. The van der Waals surface area contributed by atoms with E-state index in [1.54, 1.807) is 18.5 Å². The molecule has 0 aliphatic heterocycles. The van der Waals surface area contributed by atoms with Crippen LogP contribution >= 0.6 is 0 Å². The summed E-state index contributed by atoms with van der Waals surface area (Å²) in [6.45, 7) is 2.11. The highest BCUT2D eigenvalue weighted by molar-refractivity contribution is 5.94. The minimum atomic E-state index is -0.422. The maximum absolute atomic E-state index is 13.3. The summed E-state index contributed by atoms with van der Waals surface area (Å²) >= 11 is 0. The molecule has 1 atom stereocenters. The molecule has 0 aliphatic rings. The van der Waals surface area contributed by atoms with E-state index in [4.69, 9.17) is 4.74 Å². The summed E-state index contributed by atoms with van der Waals surface area (Å²) in [5.41, 5.74) is 3.30. The normalized spacial score (nSPS) is 11.9. The molecule has 0 aliphatic carbocycles. The van der Waals surface area contributed by atoms with Crippen LogP contribution in [0.3, 0.4) is 0 Å². The molecule has 0 fully saturated rings. The van der Waals surface area contributed by atoms with Crippen LogP contribution in [0.15, 0.2) is 79.1 Å². The van der Waals surface area contributed by atoms with Gasteiger partial charge < -0.3 is 14.6 Å². The molecule has 3 aromatic carbocycles. The van der Waals surface area contributed by atoms with Crippen LogP contribution in [0.25, 0.3) is 11.0 Å². The lowest BCUT2D eigenvalue weighted by atomic mass is 10.2. The molecule has 0 saturated carbocycles. The van der Waals surface area contributed by atoms with Gasteiger partial charge in [-0.15, -0.1) is 0 Å². The predicted molar refractivity (Wildman–Crippen MR) is 110 cm³/mol. The number of ether oxygens (including phenoxy) is 1. The first-order valence-electron chi connectivity index (χ1n) is 9.30. The molecule has 4 aromatic rings. The number of fused-ring (bicyclic) bond motifs is 1. The summed E-state index contributed by atoms with van der Waals surface area (Å²) in [5.74, 6) is -0.0269. The Bertz CT molecular complexity index is 1160. The molecule has 4 rings (SSSR count). The molecular formula is C23H20FN3O2. The van der Waals surface area contributed by atoms with Crippen molar-refractivity contribution in [1.82, 2.24) is 9.55 Å². The molecule has 1 amide bonds. The van der Waals surface area contributed by atoms with Gasteiger partial charge in [-0.1, -0.05) is 30.3 Å². The molecule has 1 heterocycles. The zero-order chi connectivity index (χ0) is 20.2. The fourth-order valence-corrected chi connectivity index (χ4v) is 3.12. The molecule has 0 radical (unpaired) electrons. The lowest BCUT2D eigenvalue weighted by molar-refractivity contribution is -0.118. The second kappa shape index (κ2) is 8.14. The Labute approximate surface area is 167 Å². The molecule has 146 valence electrons. The lowest BCUT2D eigenvalue weighted by Crippen LogP contribution is -2.23. The van der Waals surface area contributed by atoms with Crippen LogP contribution in [0.5, 0.6) is 5.75 Å². The quantitative estimate of drug-likeness (QED) is 0.507. The summed E-state index contributed by atoms with van der Waals surface area (Å²) in [6.07, 6.45) is 1.68. The largest absolute Gasteiger partial charge is 0.489 e. The zero-order valence-electron chi connectivity index (χ0n) is 15.9. The van der Waals surface area contributed by atoms with E-state index in [2.05, 4.69) is 10.3 Å². The summed E-state index contributed by atoms with van der Waals surface area (Å²) < 4.78 is 20.7. The van der Waals surface area contributed by atoms with Crippen molar-refractivity contribution in [2.45, 2.75) is 19.6 Å². The maximum Gasteiger partial charge on any atom is 0.247 e. The van der Waals surface area contributed by atoms with E-state index in [0.29, 0.717) is 11.4 Å². The molecule has 0 saturated heterocycles. The van der Waals surface area contributed by atoms with Crippen molar-refractivity contribution in [3.05, 3.63) is 90.5 Å². The van der Waals surface area contributed by atoms with Crippen LogP contribution in [0, 0.1) is 5.82 Å². The lowest BCUT2D eigenvalue weighted by Gasteiger charge is -2.15. The highest BCUT2D eigenvalue weighted by Crippen LogP contribution is 2.20. The minimum absolute atomic E-state index is 0.142. The Balaban J connectivity index is 1.43. The maximum atomic E-state index is 13.3. The van der Waals surface area contributed by atoms with Crippen LogP contribution in [0.4, 0.5) is 10.1 Å². The SMILES string of the molecule is CC(C(=O)Nc1cccc(COc2cccc(F)c2)c1)n1cnc2ccccc21. The number of nitrogens with one attached hydrogen (secondary N) is 1. The topological polar surface area (TPSA) is 56.1 Å². The highest BCUT2D eigenvalue weighted by atomic mass is 19.1. The van der Waals surface area contributed by atoms with Gasteiger partial charge in [0, 0.05) is 11.8 Å². The summed E-state index contributed by atoms with van der Waals surface area (Å²) in [4.78, 5) is 17.1. The highest BCUT2D eigenvalue weighted by Gasteiger charge is 2.17. The first kappa shape index (κ1) is 18.7. The summed E-state index contributed by atoms with van der Waals surface area (Å²) in [7, 11) is 0. The van der Waals surface area contributed by atoms with Gasteiger partial charge in [0.25, 0.3) is 0 Å². The number of nitrogens with zero attached hydrogens (tertiary/aromatic N) is 2. The number of hydrogen-bond acceptors (Lipinski definition) is 3. The molecule has 0 spiro atoms. The number of halogens is 1. The number of imidazole rings is 1. The fraction of sp³-hybridized carbons (Fsp3) is 0.130. The van der Waals surface area contributed by atoms with Gasteiger partial charge in [0.2, 0.25) is 5.91 Å². The first-order valence-corrected chi connectivity index (χ1v) is 9.30. The Morgan fingerprint density at radius 2 is 1.93 bits per heavy atom. The van der Waals surface area contributed by atoms with Gasteiger partial charge in [0.1, 0.15) is 24.2 Å². The van der Waals surface area contributed by atoms with Crippen LogP contribution in [-0.4, -0.2) is 15.5 Å². The molecule has 1 aromatic heterocycles. The van der Waals surface area contributed by atoms with Crippen LogP contribution < -0.4 is 10.1 Å². The monoisotopic (exact) mass is 389 g/mol. The van der Waals surface area contributed by atoms with Crippen LogP contribution in [0.2, 0.25) is 0 Å². The van der Waals surface area contributed by atoms with Gasteiger partial charge in [-0.3, -0.25) is 4.79 Å². The van der Waals surface area contributed by atoms with E-state index >= 15 is 0 Å². The van der Waals surface area contributed by atoms with E-state index in [-0.39, 0.29) is 18.3 Å². The molecule has 6 heteroatoms. The number of carbonyl (C=O) groups is 1. The number of benzene rings is 3. The van der Waals surface area contributed by atoms with Gasteiger partial charge >= 0.3 is 0 Å². The number of amides is 1. The van der Waals surface area contributed by atoms with Gasteiger partial charge in [-0.05, 0) is 48.9 Å². The van der Waals surface area contributed by atoms with E-state index in [1.807, 2.05) is 60.0 Å². The average Bonchev–Trinajstić information content (AvgIpc) is 3.16. The molecule has 29 heavy (non-hydrogen) atoms. The van der Waals surface area contributed by atoms with Crippen molar-refractivity contribution in [3.63, 3.8) is 0 Å². The van der Waals surface area contributed by atoms with Crippen molar-refractivity contribution >= 4 is 22.6 Å². The van der Waals surface area contributed by atoms with Crippen LogP contribution in [-0.2, 0) is 11.4 Å². The van der Waals surface area contributed by atoms with E-state index in [0.717, 1.165) is 16.6 Å². The molecular weight excluding hydrogens is 369 g/mol. The van der Waals surface area contributed by atoms with Gasteiger partial charge in [-0.25, -0.2) is 9.37 Å². The Kier molecular flexibility index (Phi) is 5.24. The van der Waals surface area contributed by atoms with Crippen molar-refractivity contribution in [2.24, 2.45) is 0 Å². The van der Waals surface area contributed by atoms with Gasteiger partial charge in [0.05, 0.1) is 17.4 Å². The summed E-state index contributed by atoms with van der Waals surface area (Å²) in [6, 6.07) is 20.7. The fourth-order valence-electron chi connectivity index (χ4n) is 3.12.